The van der Waals surface area contributed by atoms with Crippen molar-refractivity contribution in [2.45, 2.75) is 20.0 Å². The van der Waals surface area contributed by atoms with Crippen LogP contribution in [-0.4, -0.2) is 23.8 Å². The van der Waals surface area contributed by atoms with Crippen molar-refractivity contribution in [1.82, 2.24) is 0 Å². The highest BCUT2D eigenvalue weighted by Gasteiger charge is 2.19. The maximum Gasteiger partial charge on any atom is 0.337 e. The molecule has 0 heterocycles. The third kappa shape index (κ3) is 3.91. The van der Waals surface area contributed by atoms with Gasteiger partial charge in [-0.1, -0.05) is 29.2 Å². The molecular weight excluding hydrogens is 283 g/mol. The van der Waals surface area contributed by atoms with Gasteiger partial charge in [-0.3, -0.25) is 0 Å². The van der Waals surface area contributed by atoms with Crippen molar-refractivity contribution in [3.8, 4) is 0 Å². The van der Waals surface area contributed by atoms with Crippen LogP contribution in [0.1, 0.15) is 13.8 Å². The fraction of sp³-hybridized carbons (Fsp3) is 0.444. The average molecular weight is 296 g/mol. The molecule has 0 radical (unpaired) electrons. The van der Waals surface area contributed by atoms with Crippen LogP contribution >= 0.6 is 22.6 Å². The Morgan fingerprint density at radius 1 is 1.77 bits per heavy atom. The summed E-state index contributed by atoms with van der Waals surface area (Å²) in [6.07, 6.45) is -0.934. The minimum absolute atomic E-state index is 0.231. The molecule has 1 atom stereocenters. The van der Waals surface area contributed by atoms with Crippen LogP contribution in [0, 0.1) is 0 Å². The van der Waals surface area contributed by atoms with Gasteiger partial charge in [-0.15, -0.1) is 0 Å². The fourth-order valence-electron chi connectivity index (χ4n) is 0.696. The van der Waals surface area contributed by atoms with E-state index < -0.39 is 12.1 Å². The average Bonchev–Trinajstić information content (AvgIpc) is 2.05. The van der Waals surface area contributed by atoms with Crippen LogP contribution < -0.4 is 0 Å². The lowest BCUT2D eigenvalue weighted by Crippen LogP contribution is -2.20. The quantitative estimate of drug-likeness (QED) is 0.372. The monoisotopic (exact) mass is 296 g/mol. The molecule has 0 saturated carbocycles. The highest BCUT2D eigenvalue weighted by Crippen LogP contribution is 2.13. The molecule has 0 amide bonds. The summed E-state index contributed by atoms with van der Waals surface area (Å²) in [6, 6.07) is 0. The minimum Gasteiger partial charge on any atom is -0.463 e. The topological polar surface area (TPSA) is 46.5 Å². The number of carbonyl (C=O) groups is 1. The zero-order valence-corrected chi connectivity index (χ0v) is 9.87. The standard InChI is InChI=1S/C9H13IO3/c1-4-13-9(12)7(5-10)8(11)6(2)3/h5,8,11H,2,4H2,1,3H3/b7-5+. The van der Waals surface area contributed by atoms with Crippen LogP contribution in [0.25, 0.3) is 0 Å². The van der Waals surface area contributed by atoms with Gasteiger partial charge in [0.15, 0.2) is 0 Å². The molecule has 4 heteroatoms. The van der Waals surface area contributed by atoms with Crippen LogP contribution in [0.3, 0.4) is 0 Å². The van der Waals surface area contributed by atoms with Gasteiger partial charge in [0, 0.05) is 0 Å². The molecule has 0 aliphatic carbocycles. The number of halogens is 1. The van der Waals surface area contributed by atoms with Crippen molar-refractivity contribution in [3.63, 3.8) is 0 Å². The van der Waals surface area contributed by atoms with E-state index in [2.05, 4.69) is 6.58 Å². The van der Waals surface area contributed by atoms with Crippen molar-refractivity contribution in [1.29, 1.82) is 0 Å². The predicted octanol–water partition coefficient (Wildman–Crippen LogP) is 1.81. The van der Waals surface area contributed by atoms with Crippen LogP contribution in [0.5, 0.6) is 0 Å². The Kier molecular flexibility index (Phi) is 5.98. The van der Waals surface area contributed by atoms with Crippen LogP contribution in [0.2, 0.25) is 0 Å². The normalized spacial score (nSPS) is 13.7. The molecular formula is C9H13IO3. The van der Waals surface area contributed by atoms with E-state index in [1.54, 1.807) is 13.8 Å². The van der Waals surface area contributed by atoms with Crippen molar-refractivity contribution < 1.29 is 14.6 Å². The predicted molar refractivity (Wildman–Crippen MR) is 59.6 cm³/mol. The van der Waals surface area contributed by atoms with E-state index >= 15 is 0 Å². The van der Waals surface area contributed by atoms with Crippen molar-refractivity contribution in [3.05, 3.63) is 21.8 Å². The molecule has 0 spiro atoms. The van der Waals surface area contributed by atoms with Gasteiger partial charge in [0.05, 0.1) is 12.2 Å². The molecule has 0 rings (SSSR count). The highest BCUT2D eigenvalue weighted by molar-refractivity contribution is 14.1. The van der Waals surface area contributed by atoms with E-state index in [9.17, 15) is 9.90 Å². The van der Waals surface area contributed by atoms with E-state index in [1.165, 1.54) is 4.08 Å². The van der Waals surface area contributed by atoms with Gasteiger partial charge >= 0.3 is 5.97 Å². The zero-order valence-electron chi connectivity index (χ0n) is 7.71. The fourth-order valence-corrected chi connectivity index (χ4v) is 1.29. The van der Waals surface area contributed by atoms with E-state index in [-0.39, 0.29) is 5.57 Å². The maximum absolute atomic E-state index is 11.2. The lowest BCUT2D eigenvalue weighted by Gasteiger charge is -2.12. The summed E-state index contributed by atoms with van der Waals surface area (Å²) in [7, 11) is 0. The van der Waals surface area contributed by atoms with Gasteiger partial charge in [0.1, 0.15) is 6.10 Å². The molecule has 0 aromatic carbocycles. The Labute approximate surface area is 91.6 Å². The third-order valence-electron chi connectivity index (χ3n) is 1.39. The molecule has 1 N–H and O–H groups in total. The third-order valence-corrected chi connectivity index (χ3v) is 2.06. The second-order valence-corrected chi connectivity index (χ2v) is 3.16. The second kappa shape index (κ2) is 6.15. The molecule has 0 saturated heterocycles. The van der Waals surface area contributed by atoms with Crippen molar-refractivity contribution in [2.75, 3.05) is 6.61 Å². The molecule has 0 aliphatic rings. The number of hydrogen-bond acceptors (Lipinski definition) is 3. The first kappa shape index (κ1) is 12.6. The van der Waals surface area contributed by atoms with Crippen molar-refractivity contribution >= 4 is 28.6 Å². The van der Waals surface area contributed by atoms with E-state index in [1.807, 2.05) is 22.6 Å². The summed E-state index contributed by atoms with van der Waals surface area (Å²) in [5.41, 5.74) is 0.755. The van der Waals surface area contributed by atoms with E-state index in [0.29, 0.717) is 12.2 Å². The Balaban J connectivity index is 4.53. The molecule has 3 nitrogen and oxygen atoms in total. The second-order valence-electron chi connectivity index (χ2n) is 2.53. The number of hydrogen-bond donors (Lipinski definition) is 1. The summed E-state index contributed by atoms with van der Waals surface area (Å²) < 4.78 is 6.26. The van der Waals surface area contributed by atoms with Crippen LogP contribution in [-0.2, 0) is 9.53 Å². The zero-order chi connectivity index (χ0) is 10.4. The van der Waals surface area contributed by atoms with Gasteiger partial charge < -0.3 is 9.84 Å². The van der Waals surface area contributed by atoms with E-state index in [4.69, 9.17) is 4.74 Å². The highest BCUT2D eigenvalue weighted by atomic mass is 127. The number of esters is 1. The van der Waals surface area contributed by atoms with Crippen LogP contribution in [0.15, 0.2) is 21.8 Å². The van der Waals surface area contributed by atoms with Gasteiger partial charge in [-0.2, -0.15) is 0 Å². The first-order chi connectivity index (χ1) is 6.04. The minimum atomic E-state index is -0.934. The molecule has 0 aliphatic heterocycles. The van der Waals surface area contributed by atoms with Gasteiger partial charge in [0.2, 0.25) is 0 Å². The lowest BCUT2D eigenvalue weighted by molar-refractivity contribution is -0.139. The van der Waals surface area contributed by atoms with Gasteiger partial charge in [-0.05, 0) is 23.5 Å². The van der Waals surface area contributed by atoms with Crippen LogP contribution in [0.4, 0.5) is 0 Å². The molecule has 0 aromatic rings. The lowest BCUT2D eigenvalue weighted by atomic mass is 10.1. The Bertz CT molecular complexity index is 233. The summed E-state index contributed by atoms with van der Waals surface area (Å²) in [5, 5.41) is 9.51. The molecule has 0 aromatic heterocycles. The molecule has 0 bridgehead atoms. The molecule has 74 valence electrons. The summed E-state index contributed by atoms with van der Waals surface area (Å²) in [6.45, 7) is 7.24. The number of rotatable bonds is 4. The Hall–Kier alpha value is -0.360. The number of carbonyl (C=O) groups excluding carboxylic acids is 1. The Morgan fingerprint density at radius 3 is 2.62 bits per heavy atom. The van der Waals surface area contributed by atoms with Gasteiger partial charge in [0.25, 0.3) is 0 Å². The number of ether oxygens (including phenoxy) is 1. The molecule has 0 fully saturated rings. The van der Waals surface area contributed by atoms with E-state index in [0.717, 1.165) is 0 Å². The molecule has 1 unspecified atom stereocenters. The Morgan fingerprint density at radius 2 is 2.31 bits per heavy atom. The van der Waals surface area contributed by atoms with Crippen molar-refractivity contribution in [2.24, 2.45) is 0 Å². The number of aliphatic hydroxyl groups excluding tert-OH is 1. The largest absolute Gasteiger partial charge is 0.463 e. The van der Waals surface area contributed by atoms with Gasteiger partial charge in [-0.25, -0.2) is 4.79 Å². The smallest absolute Gasteiger partial charge is 0.337 e. The maximum atomic E-state index is 11.2. The number of aliphatic hydroxyl groups is 1. The summed E-state index contributed by atoms with van der Waals surface area (Å²) in [5.74, 6) is -0.493. The molecule has 13 heavy (non-hydrogen) atoms. The summed E-state index contributed by atoms with van der Waals surface area (Å²) in [4.78, 5) is 11.2. The SMILES string of the molecule is C=C(C)C(O)/C(=C\I)C(=O)OCC. The summed E-state index contributed by atoms with van der Waals surface area (Å²) >= 11 is 1.89. The first-order valence-electron chi connectivity index (χ1n) is 3.85. The first-order valence-corrected chi connectivity index (χ1v) is 5.10.